The molecule has 7 nitrogen and oxygen atoms in total. The summed E-state index contributed by atoms with van der Waals surface area (Å²) in [6.45, 7) is 8.09. The van der Waals surface area contributed by atoms with Crippen molar-refractivity contribution in [1.29, 1.82) is 5.26 Å². The SMILES string of the molecule is CC.CCOc1cc(-c2ccc(N3CCC(O)CC3)nc2)c2c(C#N)cnn2c1. The van der Waals surface area contributed by atoms with Crippen LogP contribution in [0.3, 0.4) is 0 Å². The van der Waals surface area contributed by atoms with E-state index in [2.05, 4.69) is 21.1 Å². The molecule has 1 fully saturated rings. The number of aromatic nitrogens is 3. The van der Waals surface area contributed by atoms with Crippen molar-refractivity contribution in [2.75, 3.05) is 24.6 Å². The van der Waals surface area contributed by atoms with Crippen molar-refractivity contribution in [1.82, 2.24) is 14.6 Å². The molecule has 1 aliphatic rings. The lowest BCUT2D eigenvalue weighted by Gasteiger charge is -2.30. The highest BCUT2D eigenvalue weighted by atomic mass is 16.5. The van der Waals surface area contributed by atoms with E-state index in [0.29, 0.717) is 17.9 Å². The van der Waals surface area contributed by atoms with Gasteiger partial charge in [0.2, 0.25) is 0 Å². The second-order valence-electron chi connectivity index (χ2n) is 6.61. The van der Waals surface area contributed by atoms with Crippen LogP contribution in [-0.4, -0.2) is 45.5 Å². The molecule has 3 aromatic rings. The first-order chi connectivity index (χ1) is 14.2. The van der Waals surface area contributed by atoms with Gasteiger partial charge >= 0.3 is 0 Å². The Hall–Kier alpha value is -3.11. The molecule has 0 radical (unpaired) electrons. The van der Waals surface area contributed by atoms with E-state index in [1.54, 1.807) is 16.9 Å². The molecule has 1 saturated heterocycles. The lowest BCUT2D eigenvalue weighted by molar-refractivity contribution is 0.145. The van der Waals surface area contributed by atoms with Crippen molar-refractivity contribution in [2.24, 2.45) is 0 Å². The lowest BCUT2D eigenvalue weighted by atomic mass is 10.0. The van der Waals surface area contributed by atoms with Gasteiger partial charge in [-0.1, -0.05) is 13.8 Å². The van der Waals surface area contributed by atoms with Gasteiger partial charge in [-0.25, -0.2) is 9.50 Å². The zero-order valence-electron chi connectivity index (χ0n) is 17.2. The van der Waals surface area contributed by atoms with E-state index in [0.717, 1.165) is 48.4 Å². The van der Waals surface area contributed by atoms with Gasteiger partial charge in [-0.05, 0) is 38.0 Å². The fourth-order valence-electron chi connectivity index (χ4n) is 3.47. The largest absolute Gasteiger partial charge is 0.492 e. The smallest absolute Gasteiger partial charge is 0.138 e. The Balaban J connectivity index is 0.00000117. The maximum absolute atomic E-state index is 9.67. The molecule has 0 amide bonds. The number of pyridine rings is 2. The second kappa shape index (κ2) is 9.39. The third-order valence-electron chi connectivity index (χ3n) is 4.87. The molecule has 29 heavy (non-hydrogen) atoms. The van der Waals surface area contributed by atoms with Gasteiger partial charge in [-0.3, -0.25) is 0 Å². The Bertz CT molecular complexity index is 983. The summed E-state index contributed by atoms with van der Waals surface area (Å²) < 4.78 is 7.33. The van der Waals surface area contributed by atoms with Gasteiger partial charge in [0.15, 0.2) is 0 Å². The zero-order chi connectivity index (χ0) is 20.8. The third kappa shape index (κ3) is 4.33. The number of hydrogen-bond donors (Lipinski definition) is 1. The monoisotopic (exact) mass is 393 g/mol. The van der Waals surface area contributed by atoms with Crippen LogP contribution in [0.25, 0.3) is 16.6 Å². The van der Waals surface area contributed by atoms with Crippen molar-refractivity contribution in [3.8, 4) is 22.9 Å². The van der Waals surface area contributed by atoms with Crippen molar-refractivity contribution in [3.05, 3.63) is 42.4 Å². The van der Waals surface area contributed by atoms with Gasteiger partial charge < -0.3 is 14.7 Å². The van der Waals surface area contributed by atoms with Crippen LogP contribution in [0.4, 0.5) is 5.82 Å². The normalized spacial score (nSPS) is 14.2. The lowest BCUT2D eigenvalue weighted by Crippen LogP contribution is -2.36. The summed E-state index contributed by atoms with van der Waals surface area (Å²) in [4.78, 5) is 6.80. The number of nitriles is 1. The van der Waals surface area contributed by atoms with Crippen molar-refractivity contribution < 1.29 is 9.84 Å². The molecular weight excluding hydrogens is 366 g/mol. The predicted molar refractivity (Wildman–Crippen MR) is 113 cm³/mol. The van der Waals surface area contributed by atoms with E-state index in [1.165, 1.54) is 0 Å². The summed E-state index contributed by atoms with van der Waals surface area (Å²) in [5, 5.41) is 23.4. The Kier molecular flexibility index (Phi) is 6.68. The first-order valence-corrected chi connectivity index (χ1v) is 10.1. The number of nitrogens with zero attached hydrogens (tertiary/aromatic N) is 5. The second-order valence-corrected chi connectivity index (χ2v) is 6.61. The summed E-state index contributed by atoms with van der Waals surface area (Å²) in [5.41, 5.74) is 3.03. The standard InChI is InChI=1S/C20H21N5O2.C2H6/c1-2-27-17-9-18(20-15(10-21)12-23-25(20)13-17)14-3-4-19(22-11-14)24-7-5-16(26)6-8-24;1-2/h3-4,9,11-13,16,26H,2,5-8H2,1H3;1-2H3. The summed E-state index contributed by atoms with van der Waals surface area (Å²) in [7, 11) is 0. The molecule has 4 rings (SSSR count). The fourth-order valence-corrected chi connectivity index (χ4v) is 3.47. The highest BCUT2D eigenvalue weighted by Gasteiger charge is 2.19. The van der Waals surface area contributed by atoms with Gasteiger partial charge in [-0.2, -0.15) is 10.4 Å². The molecule has 152 valence electrons. The molecule has 0 spiro atoms. The summed E-state index contributed by atoms with van der Waals surface area (Å²) in [6.07, 6.45) is 6.49. The molecule has 0 aromatic carbocycles. The van der Waals surface area contributed by atoms with Gasteiger partial charge in [-0.15, -0.1) is 0 Å². The molecule has 4 heterocycles. The van der Waals surface area contributed by atoms with Crippen LogP contribution in [-0.2, 0) is 0 Å². The van der Waals surface area contributed by atoms with E-state index in [9.17, 15) is 10.4 Å². The molecule has 0 bridgehead atoms. The van der Waals surface area contributed by atoms with Crippen LogP contribution >= 0.6 is 0 Å². The van der Waals surface area contributed by atoms with Crippen molar-refractivity contribution in [3.63, 3.8) is 0 Å². The number of rotatable bonds is 4. The molecule has 0 saturated carbocycles. The van der Waals surface area contributed by atoms with Crippen LogP contribution in [0.2, 0.25) is 0 Å². The third-order valence-corrected chi connectivity index (χ3v) is 4.87. The number of anilines is 1. The average molecular weight is 393 g/mol. The molecule has 3 aromatic heterocycles. The Morgan fingerprint density at radius 2 is 2.00 bits per heavy atom. The maximum atomic E-state index is 9.67. The van der Waals surface area contributed by atoms with Gasteiger partial charge in [0.25, 0.3) is 0 Å². The van der Waals surface area contributed by atoms with Crippen LogP contribution in [0, 0.1) is 11.3 Å². The van der Waals surface area contributed by atoms with Crippen LogP contribution in [0.1, 0.15) is 39.2 Å². The quantitative estimate of drug-likeness (QED) is 0.728. The predicted octanol–water partition coefficient (Wildman–Crippen LogP) is 3.65. The van der Waals surface area contributed by atoms with E-state index >= 15 is 0 Å². The summed E-state index contributed by atoms with van der Waals surface area (Å²) >= 11 is 0. The Labute approximate surface area is 171 Å². The van der Waals surface area contributed by atoms with Gasteiger partial charge in [0.1, 0.15) is 17.6 Å². The summed E-state index contributed by atoms with van der Waals surface area (Å²) in [6, 6.07) is 8.12. The van der Waals surface area contributed by atoms with Crippen LogP contribution in [0.15, 0.2) is 36.8 Å². The first-order valence-electron chi connectivity index (χ1n) is 10.1. The number of fused-ring (bicyclic) bond motifs is 1. The minimum Gasteiger partial charge on any atom is -0.492 e. The molecule has 0 aliphatic carbocycles. The van der Waals surface area contributed by atoms with Crippen molar-refractivity contribution in [2.45, 2.75) is 39.7 Å². The highest BCUT2D eigenvalue weighted by Crippen LogP contribution is 2.31. The van der Waals surface area contributed by atoms with E-state index in [-0.39, 0.29) is 6.10 Å². The molecular formula is C22H27N5O2. The minimum absolute atomic E-state index is 0.207. The van der Waals surface area contributed by atoms with Crippen LogP contribution in [0.5, 0.6) is 5.75 Å². The zero-order valence-corrected chi connectivity index (χ0v) is 17.2. The number of aliphatic hydroxyl groups excluding tert-OH is 1. The molecule has 7 heteroatoms. The topological polar surface area (TPSA) is 86.7 Å². The van der Waals surface area contributed by atoms with E-state index in [4.69, 9.17) is 4.74 Å². The number of piperidine rings is 1. The number of hydrogen-bond acceptors (Lipinski definition) is 6. The molecule has 0 atom stereocenters. The van der Waals surface area contributed by atoms with Crippen LogP contribution < -0.4 is 9.64 Å². The fraction of sp³-hybridized carbons (Fsp3) is 0.409. The maximum Gasteiger partial charge on any atom is 0.138 e. The molecule has 1 N–H and O–H groups in total. The summed E-state index contributed by atoms with van der Waals surface area (Å²) in [5.74, 6) is 1.60. The first kappa shape index (κ1) is 20.6. The van der Waals surface area contributed by atoms with Gasteiger partial charge in [0, 0.05) is 30.4 Å². The number of aliphatic hydroxyl groups is 1. The van der Waals surface area contributed by atoms with Crippen molar-refractivity contribution >= 4 is 11.3 Å². The highest BCUT2D eigenvalue weighted by molar-refractivity contribution is 5.85. The average Bonchev–Trinajstić information content (AvgIpc) is 3.19. The Morgan fingerprint density at radius 3 is 2.62 bits per heavy atom. The van der Waals surface area contributed by atoms with Gasteiger partial charge in [0.05, 0.1) is 36.2 Å². The number of ether oxygens (including phenoxy) is 1. The molecule has 1 aliphatic heterocycles. The van der Waals surface area contributed by atoms with E-state index < -0.39 is 0 Å². The van der Waals surface area contributed by atoms with E-state index in [1.807, 2.05) is 45.2 Å². The Morgan fingerprint density at radius 1 is 1.24 bits per heavy atom. The minimum atomic E-state index is -0.207. The molecule has 0 unspecified atom stereocenters.